The summed E-state index contributed by atoms with van der Waals surface area (Å²) >= 11 is 0. The molecule has 0 unspecified atom stereocenters. The first-order valence-corrected chi connectivity index (χ1v) is 5.23. The van der Waals surface area contributed by atoms with Gasteiger partial charge in [0.15, 0.2) is 0 Å². The Bertz CT molecular complexity index is 196. The highest BCUT2D eigenvalue weighted by molar-refractivity contribution is 5.82. The molecule has 76 valence electrons. The van der Waals surface area contributed by atoms with Crippen LogP contribution in [0.5, 0.6) is 0 Å². The van der Waals surface area contributed by atoms with Crippen LogP contribution in [0.2, 0.25) is 0 Å². The van der Waals surface area contributed by atoms with E-state index >= 15 is 0 Å². The van der Waals surface area contributed by atoms with Crippen LogP contribution in [0.3, 0.4) is 0 Å². The second kappa shape index (κ2) is 3.69. The number of piperidine rings is 1. The van der Waals surface area contributed by atoms with Gasteiger partial charge in [0.1, 0.15) is 0 Å². The summed E-state index contributed by atoms with van der Waals surface area (Å²) in [4.78, 5) is 13.9. The molecule has 1 aliphatic rings. The third kappa shape index (κ3) is 2.45. The number of likely N-dealkylation sites (tertiary alicyclic amines) is 1. The summed E-state index contributed by atoms with van der Waals surface area (Å²) < 4.78 is 0. The Labute approximate surface area is 81.3 Å². The smallest absolute Gasteiger partial charge is 0.228 e. The van der Waals surface area contributed by atoms with Crippen LogP contribution in [0.1, 0.15) is 40.5 Å². The Morgan fingerprint density at radius 1 is 1.46 bits per heavy atom. The van der Waals surface area contributed by atoms with Gasteiger partial charge in [0.05, 0.1) is 0 Å². The first-order chi connectivity index (χ1) is 5.93. The number of amides is 1. The van der Waals surface area contributed by atoms with Crippen LogP contribution in [-0.4, -0.2) is 23.9 Å². The van der Waals surface area contributed by atoms with E-state index in [1.807, 2.05) is 4.90 Å². The Morgan fingerprint density at radius 2 is 2.08 bits per heavy atom. The molecular weight excluding hydrogens is 162 g/mol. The van der Waals surface area contributed by atoms with E-state index in [-0.39, 0.29) is 5.41 Å². The van der Waals surface area contributed by atoms with Crippen LogP contribution in [0.4, 0.5) is 0 Å². The summed E-state index contributed by atoms with van der Waals surface area (Å²) in [5.74, 6) is 0.922. The number of hydrogen-bond donors (Lipinski definition) is 0. The highest BCUT2D eigenvalue weighted by Crippen LogP contribution is 2.30. The Morgan fingerprint density at radius 3 is 2.62 bits per heavy atom. The van der Waals surface area contributed by atoms with Crippen molar-refractivity contribution in [3.05, 3.63) is 0 Å². The Kier molecular flexibility index (Phi) is 2.99. The van der Waals surface area contributed by atoms with Gasteiger partial charge in [0, 0.05) is 18.5 Å². The fourth-order valence-electron chi connectivity index (χ4n) is 1.96. The molecule has 1 aliphatic heterocycles. The standard InChI is InChI=1S/C11H21NO/c1-9(2)8-12-7-5-6-11(3,4)10(12)13/h9H,5-8H2,1-4H3. The van der Waals surface area contributed by atoms with Crippen molar-refractivity contribution >= 4 is 5.91 Å². The minimum absolute atomic E-state index is 0.118. The van der Waals surface area contributed by atoms with Gasteiger partial charge in [-0.3, -0.25) is 4.79 Å². The molecule has 0 aliphatic carbocycles. The summed E-state index contributed by atoms with van der Waals surface area (Å²) in [5, 5.41) is 0. The Hall–Kier alpha value is -0.530. The average Bonchev–Trinajstić information content (AvgIpc) is 1.98. The quantitative estimate of drug-likeness (QED) is 0.643. The molecule has 13 heavy (non-hydrogen) atoms. The van der Waals surface area contributed by atoms with Gasteiger partial charge in [-0.1, -0.05) is 27.7 Å². The van der Waals surface area contributed by atoms with Crippen molar-refractivity contribution in [1.29, 1.82) is 0 Å². The van der Waals surface area contributed by atoms with E-state index in [4.69, 9.17) is 0 Å². The fraction of sp³-hybridized carbons (Fsp3) is 0.909. The van der Waals surface area contributed by atoms with E-state index in [2.05, 4.69) is 27.7 Å². The van der Waals surface area contributed by atoms with Crippen LogP contribution >= 0.6 is 0 Å². The maximum Gasteiger partial charge on any atom is 0.228 e. The summed E-state index contributed by atoms with van der Waals surface area (Å²) in [5.41, 5.74) is -0.118. The van der Waals surface area contributed by atoms with E-state index in [1.54, 1.807) is 0 Å². The molecule has 1 amide bonds. The largest absolute Gasteiger partial charge is 0.342 e. The molecule has 0 bridgehead atoms. The van der Waals surface area contributed by atoms with Gasteiger partial charge in [0.25, 0.3) is 0 Å². The lowest BCUT2D eigenvalue weighted by Gasteiger charge is -2.38. The molecule has 1 saturated heterocycles. The number of carbonyl (C=O) groups excluding carboxylic acids is 1. The van der Waals surface area contributed by atoms with Crippen LogP contribution in [0.15, 0.2) is 0 Å². The lowest BCUT2D eigenvalue weighted by atomic mass is 9.83. The molecular formula is C11H21NO. The van der Waals surface area contributed by atoms with Gasteiger partial charge in [-0.2, -0.15) is 0 Å². The molecule has 1 heterocycles. The van der Waals surface area contributed by atoms with E-state index < -0.39 is 0 Å². The minimum Gasteiger partial charge on any atom is -0.342 e. The first kappa shape index (κ1) is 10.6. The minimum atomic E-state index is -0.118. The van der Waals surface area contributed by atoms with E-state index in [9.17, 15) is 4.79 Å². The van der Waals surface area contributed by atoms with Gasteiger partial charge in [-0.15, -0.1) is 0 Å². The number of carbonyl (C=O) groups is 1. The van der Waals surface area contributed by atoms with Crippen molar-refractivity contribution in [3.8, 4) is 0 Å². The zero-order valence-electron chi connectivity index (χ0n) is 9.26. The topological polar surface area (TPSA) is 20.3 Å². The van der Waals surface area contributed by atoms with Crippen molar-refractivity contribution in [2.24, 2.45) is 11.3 Å². The zero-order chi connectivity index (χ0) is 10.1. The van der Waals surface area contributed by atoms with E-state index in [1.165, 1.54) is 0 Å². The maximum atomic E-state index is 11.9. The predicted octanol–water partition coefficient (Wildman–Crippen LogP) is 2.29. The zero-order valence-corrected chi connectivity index (χ0v) is 9.26. The van der Waals surface area contributed by atoms with Gasteiger partial charge < -0.3 is 4.90 Å². The molecule has 2 nitrogen and oxygen atoms in total. The Balaban J connectivity index is 2.61. The number of rotatable bonds is 2. The highest BCUT2D eigenvalue weighted by atomic mass is 16.2. The molecule has 1 rings (SSSR count). The summed E-state index contributed by atoms with van der Waals surface area (Å²) in [6.07, 6.45) is 2.20. The highest BCUT2D eigenvalue weighted by Gasteiger charge is 2.35. The summed E-state index contributed by atoms with van der Waals surface area (Å²) in [6, 6.07) is 0. The molecule has 0 aromatic carbocycles. The number of nitrogens with zero attached hydrogens (tertiary/aromatic N) is 1. The van der Waals surface area contributed by atoms with Crippen LogP contribution in [0.25, 0.3) is 0 Å². The second-order valence-corrected chi connectivity index (χ2v) is 5.13. The van der Waals surface area contributed by atoms with Gasteiger partial charge in [-0.25, -0.2) is 0 Å². The molecule has 0 N–H and O–H groups in total. The maximum absolute atomic E-state index is 11.9. The normalized spacial score (nSPS) is 22.5. The lowest BCUT2D eigenvalue weighted by Crippen LogP contribution is -2.47. The lowest BCUT2D eigenvalue weighted by molar-refractivity contribution is -0.144. The average molecular weight is 183 g/mol. The molecule has 0 aromatic rings. The van der Waals surface area contributed by atoms with Gasteiger partial charge >= 0.3 is 0 Å². The van der Waals surface area contributed by atoms with E-state index in [0.717, 1.165) is 25.9 Å². The SMILES string of the molecule is CC(C)CN1CCCC(C)(C)C1=O. The van der Waals surface area contributed by atoms with Crippen molar-refractivity contribution < 1.29 is 4.79 Å². The van der Waals surface area contributed by atoms with Crippen molar-refractivity contribution in [1.82, 2.24) is 4.90 Å². The molecule has 2 heteroatoms. The molecule has 0 radical (unpaired) electrons. The molecule has 0 atom stereocenters. The monoisotopic (exact) mass is 183 g/mol. The van der Waals surface area contributed by atoms with Crippen molar-refractivity contribution in [2.45, 2.75) is 40.5 Å². The second-order valence-electron chi connectivity index (χ2n) is 5.13. The summed E-state index contributed by atoms with van der Waals surface area (Å²) in [7, 11) is 0. The van der Waals surface area contributed by atoms with Gasteiger partial charge in [-0.05, 0) is 18.8 Å². The number of hydrogen-bond acceptors (Lipinski definition) is 1. The third-order valence-electron chi connectivity index (χ3n) is 2.68. The fourth-order valence-corrected chi connectivity index (χ4v) is 1.96. The van der Waals surface area contributed by atoms with Crippen LogP contribution in [-0.2, 0) is 4.79 Å². The molecule has 1 fully saturated rings. The van der Waals surface area contributed by atoms with Crippen molar-refractivity contribution in [3.63, 3.8) is 0 Å². The van der Waals surface area contributed by atoms with Crippen LogP contribution < -0.4 is 0 Å². The molecule has 0 saturated carbocycles. The predicted molar refractivity (Wildman–Crippen MR) is 54.4 cm³/mol. The van der Waals surface area contributed by atoms with Gasteiger partial charge in [0.2, 0.25) is 5.91 Å². The van der Waals surface area contributed by atoms with Crippen LogP contribution in [0, 0.1) is 11.3 Å². The molecule has 0 aromatic heterocycles. The summed E-state index contributed by atoms with van der Waals surface area (Å²) in [6.45, 7) is 10.3. The van der Waals surface area contributed by atoms with E-state index in [0.29, 0.717) is 11.8 Å². The third-order valence-corrected chi connectivity index (χ3v) is 2.68. The molecule has 0 spiro atoms. The first-order valence-electron chi connectivity index (χ1n) is 5.23. The van der Waals surface area contributed by atoms with Crippen molar-refractivity contribution in [2.75, 3.05) is 13.1 Å².